The van der Waals surface area contributed by atoms with Crippen molar-refractivity contribution in [1.82, 2.24) is 9.66 Å². The van der Waals surface area contributed by atoms with Crippen LogP contribution < -0.4 is 15.0 Å². The highest BCUT2D eigenvalue weighted by molar-refractivity contribution is 9.13. The largest absolute Gasteiger partial charge is 0.493 e. The second kappa shape index (κ2) is 11.0. The van der Waals surface area contributed by atoms with Gasteiger partial charge in [-0.15, -0.1) is 0 Å². The van der Waals surface area contributed by atoms with E-state index >= 15 is 0 Å². The molecule has 4 rings (SSSR count). The van der Waals surface area contributed by atoms with Crippen molar-refractivity contribution in [1.29, 1.82) is 0 Å². The number of para-hydroxylation sites is 1. The molecule has 3 aromatic carbocycles. The van der Waals surface area contributed by atoms with Crippen molar-refractivity contribution in [2.75, 3.05) is 14.2 Å². The van der Waals surface area contributed by atoms with Crippen molar-refractivity contribution in [3.63, 3.8) is 0 Å². The van der Waals surface area contributed by atoms with Crippen LogP contribution in [0.3, 0.4) is 0 Å². The molecular formula is C26H21Br2N3O5. The van der Waals surface area contributed by atoms with E-state index in [4.69, 9.17) is 19.2 Å². The van der Waals surface area contributed by atoms with Gasteiger partial charge in [-0.25, -0.2) is 9.78 Å². The van der Waals surface area contributed by atoms with Gasteiger partial charge in [-0.3, -0.25) is 4.79 Å². The molecular weight excluding hydrogens is 594 g/mol. The lowest BCUT2D eigenvalue weighted by molar-refractivity contribution is -0.147. The van der Waals surface area contributed by atoms with Gasteiger partial charge in [-0.05, 0) is 57.0 Å². The van der Waals surface area contributed by atoms with Gasteiger partial charge in [0.25, 0.3) is 5.56 Å². The molecule has 0 aliphatic heterocycles. The highest BCUT2D eigenvalue weighted by Crippen LogP contribution is 2.42. The normalized spacial score (nSPS) is 12.0. The molecule has 0 bridgehead atoms. The van der Waals surface area contributed by atoms with Crippen LogP contribution in [0.4, 0.5) is 0 Å². The first-order valence-corrected chi connectivity index (χ1v) is 12.4. The number of fused-ring (bicyclic) bond motifs is 1. The van der Waals surface area contributed by atoms with Crippen LogP contribution in [-0.2, 0) is 9.53 Å². The summed E-state index contributed by atoms with van der Waals surface area (Å²) >= 11 is 7.04. The highest BCUT2D eigenvalue weighted by atomic mass is 79.9. The molecule has 184 valence electrons. The maximum absolute atomic E-state index is 13.4. The third-order valence-electron chi connectivity index (χ3n) is 5.30. The number of carbonyl (C=O) groups is 1. The molecule has 0 fully saturated rings. The second-order valence-corrected chi connectivity index (χ2v) is 9.17. The number of ether oxygens (including phenoxy) is 3. The van der Waals surface area contributed by atoms with Crippen molar-refractivity contribution in [2.24, 2.45) is 5.10 Å². The smallest absolute Gasteiger partial charge is 0.346 e. The average molecular weight is 615 g/mol. The predicted molar refractivity (Wildman–Crippen MR) is 145 cm³/mol. The van der Waals surface area contributed by atoms with E-state index in [0.717, 1.165) is 5.56 Å². The molecule has 1 heterocycles. The lowest BCUT2D eigenvalue weighted by Gasteiger charge is -2.18. The van der Waals surface area contributed by atoms with Crippen LogP contribution in [0.1, 0.15) is 12.5 Å². The average Bonchev–Trinajstić information content (AvgIpc) is 2.91. The standard InChI is InChI=1S/C26H21Br2N3O5/c1-15(26(33)35-3)36-23-20(34-2)13-17(21(27)22(23)28)14-29-31-24(16-9-5-4-6-10-16)30-19-12-8-7-11-18(19)25(31)32/h4-15H,1-3H3/t15-/m0/s1. The van der Waals surface area contributed by atoms with E-state index in [2.05, 4.69) is 37.0 Å². The van der Waals surface area contributed by atoms with Crippen molar-refractivity contribution < 1.29 is 19.0 Å². The zero-order valence-corrected chi connectivity index (χ0v) is 22.7. The summed E-state index contributed by atoms with van der Waals surface area (Å²) in [4.78, 5) is 29.9. The molecule has 0 amide bonds. The Kier molecular flexibility index (Phi) is 7.85. The molecule has 0 aliphatic rings. The van der Waals surface area contributed by atoms with E-state index in [-0.39, 0.29) is 5.56 Å². The maximum Gasteiger partial charge on any atom is 0.346 e. The van der Waals surface area contributed by atoms with Crippen molar-refractivity contribution in [3.8, 4) is 22.9 Å². The maximum atomic E-state index is 13.4. The lowest BCUT2D eigenvalue weighted by Crippen LogP contribution is -2.25. The van der Waals surface area contributed by atoms with Gasteiger partial charge in [-0.1, -0.05) is 42.5 Å². The number of hydrogen-bond acceptors (Lipinski definition) is 7. The van der Waals surface area contributed by atoms with Crippen LogP contribution >= 0.6 is 31.9 Å². The number of esters is 1. The Bertz CT molecular complexity index is 1520. The van der Waals surface area contributed by atoms with E-state index in [1.165, 1.54) is 25.1 Å². The fourth-order valence-electron chi connectivity index (χ4n) is 3.48. The fourth-order valence-corrected chi connectivity index (χ4v) is 4.39. The molecule has 1 atom stereocenters. The van der Waals surface area contributed by atoms with Crippen LogP contribution in [0.25, 0.3) is 22.3 Å². The fraction of sp³-hybridized carbons (Fsp3) is 0.154. The Hall–Kier alpha value is -3.50. The van der Waals surface area contributed by atoms with Crippen LogP contribution in [0.15, 0.2) is 79.5 Å². The number of methoxy groups -OCH3 is 2. The van der Waals surface area contributed by atoms with Gasteiger partial charge in [-0.2, -0.15) is 9.78 Å². The highest BCUT2D eigenvalue weighted by Gasteiger charge is 2.22. The molecule has 0 N–H and O–H groups in total. The lowest BCUT2D eigenvalue weighted by atomic mass is 10.2. The Labute approximate surface area is 223 Å². The minimum atomic E-state index is -0.859. The van der Waals surface area contributed by atoms with Crippen LogP contribution in [0, 0.1) is 0 Å². The van der Waals surface area contributed by atoms with E-state index in [1.54, 1.807) is 31.2 Å². The molecule has 0 radical (unpaired) electrons. The number of benzene rings is 3. The number of rotatable bonds is 7. The van der Waals surface area contributed by atoms with Gasteiger partial charge in [0.15, 0.2) is 23.4 Å². The van der Waals surface area contributed by atoms with Crippen LogP contribution in [0.2, 0.25) is 0 Å². The first kappa shape index (κ1) is 25.6. The van der Waals surface area contributed by atoms with Gasteiger partial charge in [0.2, 0.25) is 0 Å². The summed E-state index contributed by atoms with van der Waals surface area (Å²) in [6.45, 7) is 1.57. The number of aromatic nitrogens is 2. The summed E-state index contributed by atoms with van der Waals surface area (Å²) in [6.07, 6.45) is 0.664. The molecule has 8 nitrogen and oxygen atoms in total. The zero-order chi connectivity index (χ0) is 25.8. The quantitative estimate of drug-likeness (QED) is 0.204. The van der Waals surface area contributed by atoms with E-state index in [0.29, 0.717) is 42.7 Å². The monoisotopic (exact) mass is 613 g/mol. The van der Waals surface area contributed by atoms with Gasteiger partial charge in [0, 0.05) is 15.6 Å². The molecule has 0 aliphatic carbocycles. The number of nitrogens with zero attached hydrogens (tertiary/aromatic N) is 3. The summed E-state index contributed by atoms with van der Waals surface area (Å²) in [5, 5.41) is 4.96. The Balaban J connectivity index is 1.83. The van der Waals surface area contributed by atoms with Gasteiger partial charge >= 0.3 is 5.97 Å². The van der Waals surface area contributed by atoms with E-state index < -0.39 is 12.1 Å². The Morgan fingerprint density at radius 2 is 1.75 bits per heavy atom. The molecule has 0 saturated heterocycles. The Morgan fingerprint density at radius 3 is 2.44 bits per heavy atom. The molecule has 0 spiro atoms. The Morgan fingerprint density at radius 1 is 1.06 bits per heavy atom. The number of hydrogen-bond donors (Lipinski definition) is 0. The SMILES string of the molecule is COC(=O)[C@H](C)Oc1c(OC)cc(C=Nn2c(-c3ccccc3)nc3ccccc3c2=O)c(Br)c1Br. The molecule has 10 heteroatoms. The minimum Gasteiger partial charge on any atom is -0.493 e. The topological polar surface area (TPSA) is 92.0 Å². The van der Waals surface area contributed by atoms with Crippen LogP contribution in [0.5, 0.6) is 11.5 Å². The first-order valence-electron chi connectivity index (χ1n) is 10.8. The third kappa shape index (κ3) is 5.05. The van der Waals surface area contributed by atoms with Crippen LogP contribution in [-0.4, -0.2) is 42.2 Å². The molecule has 0 unspecified atom stereocenters. The summed E-state index contributed by atoms with van der Waals surface area (Å²) in [6, 6.07) is 18.2. The molecule has 4 aromatic rings. The summed E-state index contributed by atoms with van der Waals surface area (Å²) < 4.78 is 18.4. The summed E-state index contributed by atoms with van der Waals surface area (Å²) in [7, 11) is 2.77. The van der Waals surface area contributed by atoms with Crippen molar-refractivity contribution in [2.45, 2.75) is 13.0 Å². The molecule has 36 heavy (non-hydrogen) atoms. The molecule has 1 aromatic heterocycles. The zero-order valence-electron chi connectivity index (χ0n) is 19.6. The minimum absolute atomic E-state index is 0.301. The van der Waals surface area contributed by atoms with E-state index in [9.17, 15) is 9.59 Å². The van der Waals surface area contributed by atoms with Gasteiger partial charge < -0.3 is 14.2 Å². The van der Waals surface area contributed by atoms with Gasteiger partial charge in [0.05, 0.1) is 35.8 Å². The number of halogens is 2. The number of carbonyl (C=O) groups excluding carboxylic acids is 1. The van der Waals surface area contributed by atoms with Gasteiger partial charge in [0.1, 0.15) is 0 Å². The second-order valence-electron chi connectivity index (χ2n) is 7.59. The van der Waals surface area contributed by atoms with E-state index in [1.807, 2.05) is 36.4 Å². The predicted octanol–water partition coefficient (Wildman–Crippen LogP) is 5.42. The first-order chi connectivity index (χ1) is 17.3. The van der Waals surface area contributed by atoms with Crippen molar-refractivity contribution in [3.05, 3.63) is 85.5 Å². The summed E-state index contributed by atoms with van der Waals surface area (Å²) in [5.41, 5.74) is 1.62. The summed E-state index contributed by atoms with van der Waals surface area (Å²) in [5.74, 6) is 0.551. The third-order valence-corrected chi connectivity index (χ3v) is 7.44. The molecule has 0 saturated carbocycles. The van der Waals surface area contributed by atoms with Crippen molar-refractivity contribution >= 4 is 54.9 Å².